The number of amides is 1. The van der Waals surface area contributed by atoms with Gasteiger partial charge in [-0.15, -0.1) is 0 Å². The predicted octanol–water partition coefficient (Wildman–Crippen LogP) is 1.18. The van der Waals surface area contributed by atoms with E-state index in [0.717, 1.165) is 5.06 Å². The molecule has 0 rings (SSSR count). The summed E-state index contributed by atoms with van der Waals surface area (Å²) in [4.78, 5) is 15.5. The van der Waals surface area contributed by atoms with Crippen LogP contribution < -0.4 is 0 Å². The molecule has 0 aliphatic rings. The first kappa shape index (κ1) is 13.6. The summed E-state index contributed by atoms with van der Waals surface area (Å²) in [6.45, 7) is -1.32. The van der Waals surface area contributed by atoms with Crippen molar-refractivity contribution in [3.8, 4) is 0 Å². The molecule has 0 bridgehead atoms. The first-order chi connectivity index (χ1) is 6.37. The van der Waals surface area contributed by atoms with Crippen molar-refractivity contribution in [2.75, 3.05) is 26.9 Å². The van der Waals surface area contributed by atoms with E-state index in [4.69, 9.17) is 0 Å². The first-order valence-electron chi connectivity index (χ1n) is 3.59. The molecule has 4 nitrogen and oxygen atoms in total. The van der Waals surface area contributed by atoms with Crippen molar-refractivity contribution >= 4 is 14.7 Å². The second kappa shape index (κ2) is 6.16. The Kier molecular flexibility index (Phi) is 5.99. The highest BCUT2D eigenvalue weighted by atomic mass is 31.1. The Morgan fingerprint density at radius 2 is 2.07 bits per heavy atom. The van der Waals surface area contributed by atoms with Gasteiger partial charge < -0.3 is 4.52 Å². The fraction of sp³-hybridized carbons (Fsp3) is 0.833. The lowest BCUT2D eigenvalue weighted by Crippen LogP contribution is -2.27. The van der Waals surface area contributed by atoms with Crippen LogP contribution in [0.15, 0.2) is 0 Å². The molecule has 0 spiro atoms. The Morgan fingerprint density at radius 3 is 2.50 bits per heavy atom. The Labute approximate surface area is 81.2 Å². The van der Waals surface area contributed by atoms with Gasteiger partial charge in [-0.2, -0.15) is 13.2 Å². The summed E-state index contributed by atoms with van der Waals surface area (Å²) >= 11 is 0. The van der Waals surface area contributed by atoms with E-state index in [1.807, 2.05) is 0 Å². The van der Waals surface area contributed by atoms with Crippen molar-refractivity contribution in [3.05, 3.63) is 0 Å². The second-order valence-electron chi connectivity index (χ2n) is 2.30. The van der Waals surface area contributed by atoms with Gasteiger partial charge in [0.05, 0.1) is 13.3 Å². The molecule has 1 unspecified atom stereocenters. The molecule has 0 fully saturated rings. The van der Waals surface area contributed by atoms with Crippen molar-refractivity contribution in [2.45, 2.75) is 6.18 Å². The van der Waals surface area contributed by atoms with Crippen LogP contribution in [-0.2, 0) is 14.2 Å². The Morgan fingerprint density at radius 1 is 1.50 bits per heavy atom. The van der Waals surface area contributed by atoms with Crippen LogP contribution in [0.5, 0.6) is 0 Å². The van der Waals surface area contributed by atoms with Crippen LogP contribution in [-0.4, -0.2) is 44.1 Å². The summed E-state index contributed by atoms with van der Waals surface area (Å²) in [5, 5.41) is 0.934. The maximum Gasteiger partial charge on any atom is 0.412 e. The third kappa shape index (κ3) is 7.06. The van der Waals surface area contributed by atoms with Gasteiger partial charge in [-0.1, -0.05) is 0 Å². The summed E-state index contributed by atoms with van der Waals surface area (Å²) < 4.78 is 39.0. The van der Waals surface area contributed by atoms with Crippen LogP contribution in [0.4, 0.5) is 13.2 Å². The van der Waals surface area contributed by atoms with Crippen molar-refractivity contribution in [1.82, 2.24) is 5.06 Å². The molecule has 0 radical (unpaired) electrons. The van der Waals surface area contributed by atoms with Crippen LogP contribution in [0.1, 0.15) is 0 Å². The van der Waals surface area contributed by atoms with Crippen LogP contribution in [0.25, 0.3) is 0 Å². The molecule has 0 aliphatic carbocycles. The first-order valence-corrected chi connectivity index (χ1v) is 4.70. The van der Waals surface area contributed by atoms with Crippen LogP contribution in [0, 0.1) is 0 Å². The molecular weight excluding hydrogens is 222 g/mol. The van der Waals surface area contributed by atoms with Gasteiger partial charge in [0.1, 0.15) is 6.61 Å². The van der Waals surface area contributed by atoms with E-state index in [9.17, 15) is 18.0 Å². The van der Waals surface area contributed by atoms with Gasteiger partial charge in [0.25, 0.3) is 5.91 Å². The molecule has 0 aromatic rings. The van der Waals surface area contributed by atoms with E-state index in [-0.39, 0.29) is 6.16 Å². The minimum absolute atomic E-state index is 0.111. The number of hydrogen-bond donors (Lipinski definition) is 0. The maximum absolute atomic E-state index is 11.6. The van der Waals surface area contributed by atoms with Crippen molar-refractivity contribution in [2.24, 2.45) is 0 Å². The van der Waals surface area contributed by atoms with E-state index >= 15 is 0 Å². The second-order valence-corrected chi connectivity index (χ2v) is 3.23. The molecular formula is C6H11F3NO3P. The Bertz CT molecular complexity index is 188. The van der Waals surface area contributed by atoms with Crippen molar-refractivity contribution in [1.29, 1.82) is 0 Å². The van der Waals surface area contributed by atoms with Crippen LogP contribution >= 0.6 is 8.81 Å². The normalized spacial score (nSPS) is 12.4. The van der Waals surface area contributed by atoms with Gasteiger partial charge in [-0.3, -0.25) is 9.63 Å². The number of carbonyl (C=O) groups excluding carboxylic acids is 1. The third-order valence-electron chi connectivity index (χ3n) is 1.19. The number of rotatable bonds is 5. The fourth-order valence-electron chi connectivity index (χ4n) is 0.459. The molecule has 8 heteroatoms. The number of hydrogen-bond acceptors (Lipinski definition) is 3. The van der Waals surface area contributed by atoms with Crippen molar-refractivity contribution in [3.63, 3.8) is 0 Å². The van der Waals surface area contributed by atoms with E-state index in [0.29, 0.717) is 0 Å². The predicted molar refractivity (Wildman–Crippen MR) is 45.0 cm³/mol. The van der Waals surface area contributed by atoms with Crippen LogP contribution in [0.3, 0.4) is 0 Å². The molecule has 0 N–H and O–H groups in total. The topological polar surface area (TPSA) is 38.8 Å². The molecule has 1 amide bonds. The third-order valence-corrected chi connectivity index (χ3v) is 1.98. The molecule has 0 saturated heterocycles. The number of halogens is 3. The molecule has 0 aliphatic heterocycles. The molecule has 0 aromatic carbocycles. The Balaban J connectivity index is 3.51. The summed E-state index contributed by atoms with van der Waals surface area (Å²) in [7, 11) is 2.15. The number of carbonyl (C=O) groups is 1. The van der Waals surface area contributed by atoms with Gasteiger partial charge in [0, 0.05) is 15.9 Å². The highest BCUT2D eigenvalue weighted by Gasteiger charge is 2.27. The molecule has 0 aromatic heterocycles. The highest BCUT2D eigenvalue weighted by molar-refractivity contribution is 7.33. The van der Waals surface area contributed by atoms with E-state index in [2.05, 4.69) is 9.36 Å². The zero-order valence-corrected chi connectivity index (χ0v) is 8.72. The molecule has 84 valence electrons. The zero-order valence-electron chi connectivity index (χ0n) is 7.72. The minimum Gasteiger partial charge on any atom is -0.353 e. The monoisotopic (exact) mass is 233 g/mol. The highest BCUT2D eigenvalue weighted by Crippen LogP contribution is 2.21. The molecule has 0 heterocycles. The molecule has 0 saturated carbocycles. The largest absolute Gasteiger partial charge is 0.412 e. The molecule has 1 atom stereocenters. The van der Waals surface area contributed by atoms with Gasteiger partial charge in [0.15, 0.2) is 0 Å². The summed E-state index contributed by atoms with van der Waals surface area (Å²) in [6, 6.07) is 0. The average Bonchev–Trinajstić information content (AvgIpc) is 2.09. The minimum atomic E-state index is -4.34. The zero-order chi connectivity index (χ0) is 11.2. The van der Waals surface area contributed by atoms with E-state index < -0.39 is 27.5 Å². The number of hydroxylamine groups is 2. The number of alkyl halides is 3. The van der Waals surface area contributed by atoms with Gasteiger partial charge in [-0.25, -0.2) is 5.06 Å². The van der Waals surface area contributed by atoms with Gasteiger partial charge in [-0.05, 0) is 0 Å². The lowest BCUT2D eigenvalue weighted by Gasteiger charge is -2.13. The number of nitrogens with zero attached hydrogens (tertiary/aromatic N) is 1. The quantitative estimate of drug-likeness (QED) is 0.406. The van der Waals surface area contributed by atoms with E-state index in [1.54, 1.807) is 0 Å². The lowest BCUT2D eigenvalue weighted by molar-refractivity contribution is -0.166. The smallest absolute Gasteiger partial charge is 0.353 e. The SMILES string of the molecule is CON(C)C(=O)CPOCC(F)(F)F. The molecule has 14 heavy (non-hydrogen) atoms. The average molecular weight is 233 g/mol. The summed E-state index contributed by atoms with van der Waals surface area (Å²) in [5.74, 6) is -0.423. The maximum atomic E-state index is 11.6. The van der Waals surface area contributed by atoms with Crippen molar-refractivity contribution < 1.29 is 27.3 Å². The lowest BCUT2D eigenvalue weighted by atomic mass is 10.7. The van der Waals surface area contributed by atoms with Gasteiger partial charge in [0.2, 0.25) is 0 Å². The van der Waals surface area contributed by atoms with Crippen LogP contribution in [0.2, 0.25) is 0 Å². The summed E-state index contributed by atoms with van der Waals surface area (Å²) in [6.07, 6.45) is -4.45. The van der Waals surface area contributed by atoms with E-state index in [1.165, 1.54) is 14.2 Å². The fourth-order valence-corrected chi connectivity index (χ4v) is 1.17. The Hall–Kier alpha value is -0.390. The standard InChI is InChI=1S/C6H11F3NO3P/c1-10(12-2)5(11)3-14-13-4-6(7,8)9/h14H,3-4H2,1-2H3. The van der Waals surface area contributed by atoms with Gasteiger partial charge >= 0.3 is 6.18 Å². The summed E-state index contributed by atoms with van der Waals surface area (Å²) in [5.41, 5.74) is 0.